The second-order valence-electron chi connectivity index (χ2n) is 7.29. The predicted molar refractivity (Wildman–Crippen MR) is 122 cm³/mol. The number of carbonyl (C=O) groups excluding carboxylic acids is 2. The molecule has 1 aliphatic rings. The van der Waals surface area contributed by atoms with Crippen LogP contribution in [0.4, 0.5) is 22.1 Å². The zero-order valence-electron chi connectivity index (χ0n) is 17.8. The minimum atomic E-state index is -3.76. The summed E-state index contributed by atoms with van der Waals surface area (Å²) in [5.41, 5.74) is 7.23. The quantitative estimate of drug-likeness (QED) is 0.433. The number of anilines is 3. The number of hydrogen-bond donors (Lipinski definition) is 2. The molecule has 1 aromatic carbocycles. The highest BCUT2D eigenvalue weighted by atomic mass is 35.5. The Balaban J connectivity index is 2.18. The third-order valence-electron chi connectivity index (χ3n) is 5.04. The molecule has 3 N–H and O–H groups in total. The standard InChI is InChI=1S/C20H25ClN6O4S/c1-3-11-32(30,31)19-24-17(22)16-18(25-19)26(12-13-6-8-14(21)9-7-13)15(5-4-10-28)27(16)20(29)23-2/h6-10,15H,3-5,11-12H2,1-2H3,(H,23,29)(H2,22,24,25). The maximum absolute atomic E-state index is 12.8. The van der Waals surface area contributed by atoms with Crippen LogP contribution in [0.3, 0.4) is 0 Å². The fraction of sp³-hybridized carbons (Fsp3) is 0.400. The molecule has 0 fully saturated rings. The summed E-state index contributed by atoms with van der Waals surface area (Å²) in [5.74, 6) is -0.0273. The van der Waals surface area contributed by atoms with Crippen LogP contribution in [0.5, 0.6) is 0 Å². The third-order valence-corrected chi connectivity index (χ3v) is 6.97. The van der Waals surface area contributed by atoms with Gasteiger partial charge in [-0.05, 0) is 30.5 Å². The largest absolute Gasteiger partial charge is 0.382 e. The van der Waals surface area contributed by atoms with Crippen LogP contribution in [0.15, 0.2) is 29.4 Å². The van der Waals surface area contributed by atoms with E-state index in [4.69, 9.17) is 17.3 Å². The predicted octanol–water partition coefficient (Wildman–Crippen LogP) is 2.37. The molecule has 12 heteroatoms. The van der Waals surface area contributed by atoms with Gasteiger partial charge in [-0.25, -0.2) is 13.2 Å². The van der Waals surface area contributed by atoms with E-state index >= 15 is 0 Å². The Morgan fingerprint density at radius 3 is 2.56 bits per heavy atom. The molecule has 0 aliphatic carbocycles. The third kappa shape index (κ3) is 4.63. The van der Waals surface area contributed by atoms with Gasteiger partial charge in [0.05, 0.1) is 5.75 Å². The number of benzene rings is 1. The van der Waals surface area contributed by atoms with Crippen molar-refractivity contribution in [2.75, 3.05) is 28.3 Å². The van der Waals surface area contributed by atoms with Crippen LogP contribution < -0.4 is 20.9 Å². The smallest absolute Gasteiger partial charge is 0.323 e. The topological polar surface area (TPSA) is 139 Å². The molecule has 0 spiro atoms. The minimum absolute atomic E-state index is 0.122. The van der Waals surface area contributed by atoms with Gasteiger partial charge >= 0.3 is 6.03 Å². The van der Waals surface area contributed by atoms with Crippen LogP contribution >= 0.6 is 11.6 Å². The Morgan fingerprint density at radius 1 is 1.28 bits per heavy atom. The summed E-state index contributed by atoms with van der Waals surface area (Å²) in [6, 6.07) is 6.63. The van der Waals surface area contributed by atoms with Crippen LogP contribution in [0.1, 0.15) is 31.7 Å². The van der Waals surface area contributed by atoms with Crippen LogP contribution in [0, 0.1) is 0 Å². The number of nitrogens with two attached hydrogens (primary N) is 1. The molecule has 2 amide bonds. The molecular weight excluding hydrogens is 456 g/mol. The average Bonchev–Trinajstić information content (AvgIpc) is 3.07. The van der Waals surface area contributed by atoms with Gasteiger partial charge in [0.25, 0.3) is 5.16 Å². The Bertz CT molecular complexity index is 1110. The number of aromatic nitrogens is 2. The summed E-state index contributed by atoms with van der Waals surface area (Å²) >= 11 is 5.99. The summed E-state index contributed by atoms with van der Waals surface area (Å²) in [6.07, 6.45) is 1.00. The van der Waals surface area contributed by atoms with Gasteiger partial charge in [0.15, 0.2) is 11.6 Å². The fourth-order valence-electron chi connectivity index (χ4n) is 3.63. The molecule has 0 saturated carbocycles. The Labute approximate surface area is 191 Å². The van der Waals surface area contributed by atoms with Gasteiger partial charge < -0.3 is 20.7 Å². The number of halogens is 1. The van der Waals surface area contributed by atoms with Gasteiger partial charge in [0.2, 0.25) is 9.84 Å². The molecule has 1 aromatic heterocycles. The van der Waals surface area contributed by atoms with Crippen molar-refractivity contribution in [1.29, 1.82) is 0 Å². The van der Waals surface area contributed by atoms with Crippen LogP contribution in [-0.2, 0) is 21.2 Å². The van der Waals surface area contributed by atoms with Gasteiger partial charge in [-0.3, -0.25) is 4.90 Å². The highest BCUT2D eigenvalue weighted by Gasteiger charge is 2.43. The number of amides is 2. The molecule has 172 valence electrons. The van der Waals surface area contributed by atoms with Gasteiger partial charge in [-0.15, -0.1) is 0 Å². The highest BCUT2D eigenvalue weighted by Crippen LogP contribution is 2.44. The molecular formula is C20H25ClN6O4S. The molecule has 1 aliphatic heterocycles. The number of nitrogen functional groups attached to an aromatic ring is 1. The van der Waals surface area contributed by atoms with Crippen molar-refractivity contribution in [3.05, 3.63) is 34.9 Å². The van der Waals surface area contributed by atoms with Crippen molar-refractivity contribution >= 4 is 51.1 Å². The number of fused-ring (bicyclic) bond motifs is 1. The van der Waals surface area contributed by atoms with Gasteiger partial charge in [0, 0.05) is 25.0 Å². The SMILES string of the molecule is CCCS(=O)(=O)c1nc(N)c2c(n1)N(Cc1ccc(Cl)cc1)C(CCC=O)N2C(=O)NC. The molecule has 2 heterocycles. The van der Waals surface area contributed by atoms with E-state index in [2.05, 4.69) is 15.3 Å². The van der Waals surface area contributed by atoms with E-state index < -0.39 is 22.0 Å². The number of carbonyl (C=O) groups is 2. The van der Waals surface area contributed by atoms with Crippen molar-refractivity contribution < 1.29 is 18.0 Å². The van der Waals surface area contributed by atoms with Crippen molar-refractivity contribution in [3.63, 3.8) is 0 Å². The Kier molecular flexibility index (Phi) is 7.19. The van der Waals surface area contributed by atoms with E-state index in [1.165, 1.54) is 11.9 Å². The van der Waals surface area contributed by atoms with Crippen LogP contribution in [0.2, 0.25) is 5.02 Å². The highest BCUT2D eigenvalue weighted by molar-refractivity contribution is 7.91. The lowest BCUT2D eigenvalue weighted by Gasteiger charge is -2.30. The van der Waals surface area contributed by atoms with Crippen molar-refractivity contribution in [1.82, 2.24) is 15.3 Å². The average molecular weight is 481 g/mol. The van der Waals surface area contributed by atoms with Crippen molar-refractivity contribution in [2.45, 2.75) is 44.1 Å². The lowest BCUT2D eigenvalue weighted by Crippen LogP contribution is -2.49. The number of aldehydes is 1. The van der Waals surface area contributed by atoms with E-state index in [1.807, 2.05) is 12.1 Å². The normalized spacial score (nSPS) is 15.5. The van der Waals surface area contributed by atoms with Crippen LogP contribution in [0.25, 0.3) is 0 Å². The lowest BCUT2D eigenvalue weighted by atomic mass is 10.2. The molecule has 1 unspecified atom stereocenters. The van der Waals surface area contributed by atoms with Gasteiger partial charge in [0.1, 0.15) is 18.1 Å². The number of nitrogens with one attached hydrogen (secondary N) is 1. The molecule has 10 nitrogen and oxygen atoms in total. The summed E-state index contributed by atoms with van der Waals surface area (Å²) in [6.45, 7) is 2.02. The molecule has 32 heavy (non-hydrogen) atoms. The number of urea groups is 1. The molecule has 2 aromatic rings. The first-order valence-electron chi connectivity index (χ1n) is 10.1. The molecule has 0 bridgehead atoms. The van der Waals surface area contributed by atoms with Crippen molar-refractivity contribution in [2.24, 2.45) is 0 Å². The Hall–Kier alpha value is -2.92. The van der Waals surface area contributed by atoms with Gasteiger partial charge in [-0.2, -0.15) is 9.97 Å². The van der Waals surface area contributed by atoms with E-state index in [-0.39, 0.29) is 47.6 Å². The van der Waals surface area contributed by atoms with Gasteiger partial charge in [-0.1, -0.05) is 30.7 Å². The first-order valence-corrected chi connectivity index (χ1v) is 12.1. The summed E-state index contributed by atoms with van der Waals surface area (Å²) in [4.78, 5) is 35.4. The minimum Gasteiger partial charge on any atom is -0.382 e. The first kappa shape index (κ1) is 23.7. The second kappa shape index (κ2) is 9.70. The molecule has 0 saturated heterocycles. The van der Waals surface area contributed by atoms with E-state index in [9.17, 15) is 18.0 Å². The fourth-order valence-corrected chi connectivity index (χ4v) is 4.93. The summed E-state index contributed by atoms with van der Waals surface area (Å²) in [7, 11) is -2.29. The summed E-state index contributed by atoms with van der Waals surface area (Å²) in [5, 5.41) is 2.75. The maximum Gasteiger partial charge on any atom is 0.323 e. The van der Waals surface area contributed by atoms with Crippen molar-refractivity contribution in [3.8, 4) is 0 Å². The zero-order chi connectivity index (χ0) is 23.5. The van der Waals surface area contributed by atoms with E-state index in [0.717, 1.165) is 11.8 Å². The molecule has 0 radical (unpaired) electrons. The van der Waals surface area contributed by atoms with E-state index in [0.29, 0.717) is 11.4 Å². The zero-order valence-corrected chi connectivity index (χ0v) is 19.4. The molecule has 3 rings (SSSR count). The monoisotopic (exact) mass is 480 g/mol. The maximum atomic E-state index is 12.8. The summed E-state index contributed by atoms with van der Waals surface area (Å²) < 4.78 is 25.3. The van der Waals surface area contributed by atoms with Crippen LogP contribution in [-0.4, -0.2) is 49.7 Å². The number of nitrogens with zero attached hydrogens (tertiary/aromatic N) is 4. The lowest BCUT2D eigenvalue weighted by molar-refractivity contribution is -0.108. The number of rotatable bonds is 8. The molecule has 1 atom stereocenters. The van der Waals surface area contributed by atoms with E-state index in [1.54, 1.807) is 24.0 Å². The first-order chi connectivity index (χ1) is 15.2. The number of sulfone groups is 1. The number of hydrogen-bond acceptors (Lipinski definition) is 8. The Morgan fingerprint density at radius 2 is 1.97 bits per heavy atom. The second-order valence-corrected chi connectivity index (χ2v) is 9.73.